The van der Waals surface area contributed by atoms with Gasteiger partial charge in [-0.2, -0.15) is 0 Å². The van der Waals surface area contributed by atoms with Gasteiger partial charge < -0.3 is 11.1 Å². The predicted molar refractivity (Wildman–Crippen MR) is 69.9 cm³/mol. The number of amides is 1. The molecule has 8 heteroatoms. The standard InChI is InChI=1S/C11H12N6OS/c12-4-1-2-9-3-5-19-10(9)6-13-11(18)7-17-8-14-15-16-17/h3,5,8H,4,6-7,12H2,(H,13,18). The molecular weight excluding hydrogens is 264 g/mol. The summed E-state index contributed by atoms with van der Waals surface area (Å²) in [6.07, 6.45) is 1.39. The van der Waals surface area contributed by atoms with Crippen molar-refractivity contribution in [2.24, 2.45) is 5.73 Å². The molecule has 0 fully saturated rings. The van der Waals surface area contributed by atoms with Gasteiger partial charge in [0, 0.05) is 10.4 Å². The fourth-order valence-corrected chi connectivity index (χ4v) is 2.14. The largest absolute Gasteiger partial charge is 0.350 e. The summed E-state index contributed by atoms with van der Waals surface area (Å²) in [6.45, 7) is 0.857. The van der Waals surface area contributed by atoms with Crippen LogP contribution in [0.1, 0.15) is 10.4 Å². The molecule has 0 aliphatic heterocycles. The number of nitrogens with zero attached hydrogens (tertiary/aromatic N) is 4. The molecule has 0 bridgehead atoms. The maximum absolute atomic E-state index is 11.7. The van der Waals surface area contributed by atoms with Crippen LogP contribution < -0.4 is 11.1 Å². The predicted octanol–water partition coefficient (Wildman–Crippen LogP) is -0.639. The molecule has 2 aromatic rings. The van der Waals surface area contributed by atoms with Crippen LogP contribution in [0.15, 0.2) is 17.8 Å². The number of tetrazole rings is 1. The van der Waals surface area contributed by atoms with Crippen molar-refractivity contribution in [3.63, 3.8) is 0 Å². The minimum absolute atomic E-state index is 0.0994. The fraction of sp³-hybridized carbons (Fsp3) is 0.273. The van der Waals surface area contributed by atoms with E-state index in [2.05, 4.69) is 32.7 Å². The number of aromatic nitrogens is 4. The zero-order valence-electron chi connectivity index (χ0n) is 10.0. The molecule has 0 saturated heterocycles. The molecule has 2 aromatic heterocycles. The molecular formula is C11H12N6OS. The Kier molecular flexibility index (Phi) is 4.60. The molecule has 0 aromatic carbocycles. The van der Waals surface area contributed by atoms with Gasteiger partial charge in [0.2, 0.25) is 5.91 Å². The Hall–Kier alpha value is -2.24. The lowest BCUT2D eigenvalue weighted by Gasteiger charge is -2.03. The van der Waals surface area contributed by atoms with Gasteiger partial charge in [-0.15, -0.1) is 16.4 Å². The third kappa shape index (κ3) is 3.87. The van der Waals surface area contributed by atoms with Crippen LogP contribution in [0, 0.1) is 11.8 Å². The van der Waals surface area contributed by atoms with E-state index in [0.717, 1.165) is 10.4 Å². The molecule has 7 nitrogen and oxygen atoms in total. The molecule has 0 atom stereocenters. The van der Waals surface area contributed by atoms with Gasteiger partial charge >= 0.3 is 0 Å². The van der Waals surface area contributed by atoms with Crippen molar-refractivity contribution in [3.8, 4) is 11.8 Å². The molecule has 2 rings (SSSR count). The van der Waals surface area contributed by atoms with Crippen molar-refractivity contribution in [2.75, 3.05) is 6.54 Å². The minimum atomic E-state index is -0.154. The zero-order valence-corrected chi connectivity index (χ0v) is 10.9. The topological polar surface area (TPSA) is 98.7 Å². The number of nitrogens with one attached hydrogen (secondary N) is 1. The first-order chi connectivity index (χ1) is 9.29. The second-order valence-corrected chi connectivity index (χ2v) is 4.55. The molecule has 0 radical (unpaired) electrons. The summed E-state index contributed by atoms with van der Waals surface area (Å²) < 4.78 is 1.36. The lowest BCUT2D eigenvalue weighted by Crippen LogP contribution is -2.27. The van der Waals surface area contributed by atoms with Crippen molar-refractivity contribution in [1.82, 2.24) is 25.5 Å². The van der Waals surface area contributed by atoms with Crippen LogP contribution in [0.3, 0.4) is 0 Å². The van der Waals surface area contributed by atoms with Crippen molar-refractivity contribution >= 4 is 17.2 Å². The average molecular weight is 276 g/mol. The fourth-order valence-electron chi connectivity index (χ4n) is 1.37. The summed E-state index contributed by atoms with van der Waals surface area (Å²) in [6, 6.07) is 1.91. The first-order valence-electron chi connectivity index (χ1n) is 5.52. The second kappa shape index (κ2) is 6.63. The van der Waals surface area contributed by atoms with Crippen LogP contribution in [0.25, 0.3) is 0 Å². The Bertz CT molecular complexity index is 594. The van der Waals surface area contributed by atoms with E-state index < -0.39 is 0 Å². The number of hydrogen-bond acceptors (Lipinski definition) is 6. The molecule has 0 aliphatic carbocycles. The van der Waals surface area contributed by atoms with Crippen molar-refractivity contribution in [1.29, 1.82) is 0 Å². The highest BCUT2D eigenvalue weighted by Crippen LogP contribution is 2.15. The van der Waals surface area contributed by atoms with Gasteiger partial charge in [0.05, 0.1) is 13.1 Å². The van der Waals surface area contributed by atoms with Crippen molar-refractivity contribution < 1.29 is 4.79 Å². The lowest BCUT2D eigenvalue weighted by atomic mass is 10.2. The highest BCUT2D eigenvalue weighted by molar-refractivity contribution is 7.10. The molecule has 0 unspecified atom stereocenters. The van der Waals surface area contributed by atoms with Crippen LogP contribution >= 0.6 is 11.3 Å². The summed E-state index contributed by atoms with van der Waals surface area (Å²) in [7, 11) is 0. The van der Waals surface area contributed by atoms with E-state index in [1.165, 1.54) is 11.0 Å². The normalized spacial score (nSPS) is 9.74. The van der Waals surface area contributed by atoms with E-state index in [1.807, 2.05) is 11.4 Å². The van der Waals surface area contributed by atoms with E-state index in [4.69, 9.17) is 5.73 Å². The molecule has 19 heavy (non-hydrogen) atoms. The van der Waals surface area contributed by atoms with Gasteiger partial charge in [0.15, 0.2) is 0 Å². The van der Waals surface area contributed by atoms with Gasteiger partial charge in [-0.1, -0.05) is 11.8 Å². The number of carbonyl (C=O) groups is 1. The van der Waals surface area contributed by atoms with E-state index in [1.54, 1.807) is 11.3 Å². The number of rotatable bonds is 4. The Morgan fingerprint density at radius 1 is 1.58 bits per heavy atom. The average Bonchev–Trinajstić information content (AvgIpc) is 3.05. The van der Waals surface area contributed by atoms with E-state index in [-0.39, 0.29) is 12.5 Å². The Morgan fingerprint density at radius 3 is 3.21 bits per heavy atom. The summed E-state index contributed by atoms with van der Waals surface area (Å²) in [5.41, 5.74) is 6.23. The first kappa shape index (κ1) is 13.2. The zero-order chi connectivity index (χ0) is 13.5. The summed E-state index contributed by atoms with van der Waals surface area (Å²) >= 11 is 1.54. The van der Waals surface area contributed by atoms with Gasteiger partial charge in [0.1, 0.15) is 12.9 Å². The van der Waals surface area contributed by atoms with Crippen LogP contribution in [-0.2, 0) is 17.9 Å². The number of carbonyl (C=O) groups excluding carboxylic acids is 1. The van der Waals surface area contributed by atoms with Crippen LogP contribution in [0.5, 0.6) is 0 Å². The van der Waals surface area contributed by atoms with E-state index in [0.29, 0.717) is 13.1 Å². The SMILES string of the molecule is NCC#Cc1ccsc1CNC(=O)Cn1cnnn1. The molecule has 2 heterocycles. The molecule has 0 saturated carbocycles. The quantitative estimate of drug-likeness (QED) is 0.724. The Labute approximate surface area is 113 Å². The summed E-state index contributed by atoms with van der Waals surface area (Å²) in [5.74, 6) is 5.61. The highest BCUT2D eigenvalue weighted by Gasteiger charge is 2.06. The molecule has 98 valence electrons. The highest BCUT2D eigenvalue weighted by atomic mass is 32.1. The van der Waals surface area contributed by atoms with Gasteiger partial charge in [-0.25, -0.2) is 4.68 Å². The van der Waals surface area contributed by atoms with Gasteiger partial charge in [-0.05, 0) is 21.9 Å². The smallest absolute Gasteiger partial charge is 0.242 e. The van der Waals surface area contributed by atoms with Gasteiger partial charge in [-0.3, -0.25) is 4.79 Å². The second-order valence-electron chi connectivity index (χ2n) is 3.55. The van der Waals surface area contributed by atoms with E-state index >= 15 is 0 Å². The summed E-state index contributed by atoms with van der Waals surface area (Å²) in [4.78, 5) is 12.7. The molecule has 1 amide bonds. The van der Waals surface area contributed by atoms with Crippen LogP contribution in [0.4, 0.5) is 0 Å². The third-order valence-corrected chi connectivity index (χ3v) is 3.13. The maximum Gasteiger partial charge on any atom is 0.242 e. The van der Waals surface area contributed by atoms with Crippen molar-refractivity contribution in [2.45, 2.75) is 13.1 Å². The van der Waals surface area contributed by atoms with Crippen molar-refractivity contribution in [3.05, 3.63) is 28.2 Å². The monoisotopic (exact) mass is 276 g/mol. The van der Waals surface area contributed by atoms with Crippen LogP contribution in [-0.4, -0.2) is 32.7 Å². The maximum atomic E-state index is 11.7. The number of nitrogens with two attached hydrogens (primary N) is 1. The van der Waals surface area contributed by atoms with Crippen LogP contribution in [0.2, 0.25) is 0 Å². The van der Waals surface area contributed by atoms with E-state index in [9.17, 15) is 4.79 Å². The molecule has 3 N–H and O–H groups in total. The lowest BCUT2D eigenvalue weighted by molar-refractivity contribution is -0.122. The summed E-state index contributed by atoms with van der Waals surface area (Å²) in [5, 5.41) is 15.3. The first-order valence-corrected chi connectivity index (χ1v) is 6.40. The Balaban J connectivity index is 1.88. The number of thiophene rings is 1. The van der Waals surface area contributed by atoms with Gasteiger partial charge in [0.25, 0.3) is 0 Å². The Morgan fingerprint density at radius 2 is 2.47 bits per heavy atom. The molecule has 0 aliphatic rings. The third-order valence-electron chi connectivity index (χ3n) is 2.21. The minimum Gasteiger partial charge on any atom is -0.350 e. The molecule has 0 spiro atoms. The number of hydrogen-bond donors (Lipinski definition) is 2.